The van der Waals surface area contributed by atoms with Crippen LogP contribution in [0.2, 0.25) is 0 Å². The fourth-order valence-electron chi connectivity index (χ4n) is 3.36. The second kappa shape index (κ2) is 12.3. The fourth-order valence-corrected chi connectivity index (χ4v) is 3.36. The van der Waals surface area contributed by atoms with Crippen molar-refractivity contribution in [2.75, 3.05) is 0 Å². The van der Waals surface area contributed by atoms with Gasteiger partial charge in [-0.3, -0.25) is 0 Å². The van der Waals surface area contributed by atoms with Gasteiger partial charge in [0, 0.05) is 6.04 Å². The van der Waals surface area contributed by atoms with Crippen LogP contribution in [0.25, 0.3) is 0 Å². The van der Waals surface area contributed by atoms with Crippen LogP contribution in [0.4, 0.5) is 0 Å². The van der Waals surface area contributed by atoms with Crippen LogP contribution < -0.4 is 17.1 Å². The van der Waals surface area contributed by atoms with Crippen molar-refractivity contribution < 1.29 is 0 Å². The summed E-state index contributed by atoms with van der Waals surface area (Å²) in [7, 11) is 0. The second-order valence-electron chi connectivity index (χ2n) is 7.02. The van der Waals surface area contributed by atoms with E-state index in [1.165, 1.54) is 36.0 Å². The van der Waals surface area contributed by atoms with E-state index in [0.29, 0.717) is 0 Å². The van der Waals surface area contributed by atoms with Gasteiger partial charge in [0.1, 0.15) is 0 Å². The quantitative estimate of drug-likeness (QED) is 0.367. The summed E-state index contributed by atoms with van der Waals surface area (Å²) in [5, 5.41) is 0. The molecule has 0 saturated heterocycles. The van der Waals surface area contributed by atoms with Crippen molar-refractivity contribution in [3.63, 3.8) is 0 Å². The highest BCUT2D eigenvalue weighted by Gasteiger charge is 2.21. The standard InChI is InChI=1S/C21H35N3O3/c1-5-9-11-12-13-15-18(14-10-6-2)24-20(26)22(16-7-3)19(25)23(17-8-4)21(24)27/h7-8,18H,3-6,9-17H2,1-2H3. The molecule has 0 fully saturated rings. The highest BCUT2D eigenvalue weighted by atomic mass is 16.2. The first-order valence-electron chi connectivity index (χ1n) is 10.2. The van der Waals surface area contributed by atoms with Crippen molar-refractivity contribution in [3.05, 3.63) is 56.8 Å². The van der Waals surface area contributed by atoms with E-state index in [-0.39, 0.29) is 19.1 Å². The number of aromatic nitrogens is 3. The lowest BCUT2D eigenvalue weighted by atomic mass is 10.0. The molecule has 0 aliphatic carbocycles. The summed E-state index contributed by atoms with van der Waals surface area (Å²) in [6.07, 6.45) is 12.1. The predicted octanol–water partition coefficient (Wildman–Crippen LogP) is 3.64. The van der Waals surface area contributed by atoms with E-state index in [1.807, 2.05) is 0 Å². The Kier molecular flexibility index (Phi) is 10.5. The molecule has 1 aromatic heterocycles. The number of hydrogen-bond acceptors (Lipinski definition) is 3. The van der Waals surface area contributed by atoms with Crippen LogP contribution in [0.1, 0.15) is 77.7 Å². The van der Waals surface area contributed by atoms with Crippen LogP contribution in [0.15, 0.2) is 39.7 Å². The summed E-state index contributed by atoms with van der Waals surface area (Å²) in [6.45, 7) is 11.7. The lowest BCUT2D eigenvalue weighted by Crippen LogP contribution is -2.55. The summed E-state index contributed by atoms with van der Waals surface area (Å²) < 4.78 is 3.48. The zero-order chi connectivity index (χ0) is 20.2. The minimum absolute atomic E-state index is 0.0894. The van der Waals surface area contributed by atoms with Gasteiger partial charge in [-0.05, 0) is 12.8 Å². The Bertz CT molecular complexity index is 722. The number of unbranched alkanes of at least 4 members (excludes halogenated alkanes) is 5. The Morgan fingerprint density at radius 3 is 1.70 bits per heavy atom. The van der Waals surface area contributed by atoms with Crippen molar-refractivity contribution in [3.8, 4) is 0 Å². The molecule has 0 radical (unpaired) electrons. The summed E-state index contributed by atoms with van der Waals surface area (Å²) in [6, 6.07) is -0.181. The minimum Gasteiger partial charge on any atom is -0.247 e. The number of allylic oxidation sites excluding steroid dienone is 2. The van der Waals surface area contributed by atoms with E-state index in [1.54, 1.807) is 0 Å². The van der Waals surface area contributed by atoms with Crippen LogP contribution in [0.5, 0.6) is 0 Å². The van der Waals surface area contributed by atoms with Gasteiger partial charge in [0.2, 0.25) is 0 Å². The van der Waals surface area contributed by atoms with Crippen molar-refractivity contribution in [2.45, 2.75) is 90.8 Å². The molecule has 6 nitrogen and oxygen atoms in total. The first-order chi connectivity index (χ1) is 13.0. The first-order valence-corrected chi connectivity index (χ1v) is 10.2. The van der Waals surface area contributed by atoms with Gasteiger partial charge < -0.3 is 0 Å². The smallest absolute Gasteiger partial charge is 0.247 e. The maximum absolute atomic E-state index is 12.9. The van der Waals surface area contributed by atoms with Gasteiger partial charge in [-0.2, -0.15) is 0 Å². The van der Waals surface area contributed by atoms with Crippen molar-refractivity contribution in [2.24, 2.45) is 0 Å². The van der Waals surface area contributed by atoms with E-state index >= 15 is 0 Å². The van der Waals surface area contributed by atoms with E-state index in [2.05, 4.69) is 27.0 Å². The summed E-state index contributed by atoms with van der Waals surface area (Å²) in [5.74, 6) is 0. The van der Waals surface area contributed by atoms with Gasteiger partial charge in [0.25, 0.3) is 0 Å². The molecule has 152 valence electrons. The summed E-state index contributed by atoms with van der Waals surface area (Å²) >= 11 is 0. The Labute approximate surface area is 161 Å². The molecule has 1 heterocycles. The van der Waals surface area contributed by atoms with Gasteiger partial charge in [-0.1, -0.05) is 70.9 Å². The maximum Gasteiger partial charge on any atom is 0.336 e. The molecule has 0 spiro atoms. The van der Waals surface area contributed by atoms with Crippen molar-refractivity contribution >= 4 is 0 Å². The number of rotatable bonds is 14. The van der Waals surface area contributed by atoms with E-state index < -0.39 is 17.1 Å². The molecule has 1 rings (SSSR count). The third-order valence-electron chi connectivity index (χ3n) is 4.86. The second-order valence-corrected chi connectivity index (χ2v) is 7.02. The molecule has 0 N–H and O–H groups in total. The van der Waals surface area contributed by atoms with Crippen LogP contribution in [0.3, 0.4) is 0 Å². The Hall–Kier alpha value is -2.11. The first kappa shape index (κ1) is 22.9. The molecular weight excluding hydrogens is 342 g/mol. The molecule has 0 aliphatic rings. The van der Waals surface area contributed by atoms with Gasteiger partial charge in [0.05, 0.1) is 13.1 Å². The van der Waals surface area contributed by atoms with Gasteiger partial charge in [-0.15, -0.1) is 13.2 Å². The van der Waals surface area contributed by atoms with Crippen LogP contribution in [-0.4, -0.2) is 13.7 Å². The Balaban J connectivity index is 3.34. The molecule has 0 bridgehead atoms. The topological polar surface area (TPSA) is 66.0 Å². The number of nitrogens with zero attached hydrogens (tertiary/aromatic N) is 3. The molecule has 6 heteroatoms. The molecule has 0 aliphatic heterocycles. The molecule has 1 atom stereocenters. The average Bonchev–Trinajstić information content (AvgIpc) is 2.66. The zero-order valence-corrected chi connectivity index (χ0v) is 17.0. The average molecular weight is 378 g/mol. The highest BCUT2D eigenvalue weighted by molar-refractivity contribution is 4.87. The predicted molar refractivity (Wildman–Crippen MR) is 112 cm³/mol. The molecule has 27 heavy (non-hydrogen) atoms. The van der Waals surface area contributed by atoms with Crippen molar-refractivity contribution in [1.29, 1.82) is 0 Å². The Morgan fingerprint density at radius 1 is 0.741 bits per heavy atom. The van der Waals surface area contributed by atoms with Crippen molar-refractivity contribution in [1.82, 2.24) is 13.7 Å². The van der Waals surface area contributed by atoms with Gasteiger partial charge in [0.15, 0.2) is 0 Å². The molecule has 0 amide bonds. The third-order valence-corrected chi connectivity index (χ3v) is 4.86. The van der Waals surface area contributed by atoms with Gasteiger partial charge >= 0.3 is 17.1 Å². The molecule has 0 saturated carbocycles. The van der Waals surface area contributed by atoms with E-state index in [9.17, 15) is 14.4 Å². The molecule has 0 aromatic carbocycles. The molecule has 1 aromatic rings. The van der Waals surface area contributed by atoms with Crippen LogP contribution >= 0.6 is 0 Å². The number of hydrogen-bond donors (Lipinski definition) is 0. The normalized spacial score (nSPS) is 12.1. The fraction of sp³-hybridized carbons (Fsp3) is 0.667. The summed E-state index contributed by atoms with van der Waals surface area (Å²) in [4.78, 5) is 38.4. The Morgan fingerprint density at radius 2 is 1.22 bits per heavy atom. The van der Waals surface area contributed by atoms with Crippen LogP contribution in [0, 0.1) is 0 Å². The van der Waals surface area contributed by atoms with E-state index in [4.69, 9.17) is 0 Å². The highest BCUT2D eigenvalue weighted by Crippen LogP contribution is 2.20. The minimum atomic E-state index is -0.599. The van der Waals surface area contributed by atoms with Gasteiger partial charge in [-0.25, -0.2) is 28.1 Å². The largest absolute Gasteiger partial charge is 0.336 e. The molecular formula is C21H35N3O3. The third kappa shape index (κ3) is 6.22. The zero-order valence-electron chi connectivity index (χ0n) is 17.0. The molecule has 1 unspecified atom stereocenters. The van der Waals surface area contributed by atoms with Crippen LogP contribution in [-0.2, 0) is 13.1 Å². The van der Waals surface area contributed by atoms with E-state index in [0.717, 1.165) is 47.7 Å². The monoisotopic (exact) mass is 377 g/mol. The SMILES string of the molecule is C=CCn1c(=O)n(CC=C)c(=O)n(C(CCCC)CCCCCCC)c1=O. The lowest BCUT2D eigenvalue weighted by Gasteiger charge is -2.21. The summed E-state index contributed by atoms with van der Waals surface area (Å²) in [5.41, 5.74) is -1.65. The maximum atomic E-state index is 12.9. The lowest BCUT2D eigenvalue weighted by molar-refractivity contribution is 0.347.